The second kappa shape index (κ2) is 7.29. The molecule has 1 aliphatic rings. The first-order chi connectivity index (χ1) is 13.8. The number of hydrogen-bond acceptors (Lipinski definition) is 5. The molecule has 0 bridgehead atoms. The van der Waals surface area contributed by atoms with Gasteiger partial charge in [-0.3, -0.25) is 13.9 Å². The van der Waals surface area contributed by atoms with Crippen LogP contribution >= 0.6 is 10.6 Å². The van der Waals surface area contributed by atoms with Crippen molar-refractivity contribution in [2.24, 2.45) is 5.73 Å². The van der Waals surface area contributed by atoms with Gasteiger partial charge in [0.2, 0.25) is 0 Å². The zero-order valence-electron chi connectivity index (χ0n) is 16.3. The van der Waals surface area contributed by atoms with E-state index in [4.69, 9.17) is 15.2 Å². The number of aromatic nitrogens is 1. The maximum absolute atomic E-state index is 12.1. The predicted octanol–water partition coefficient (Wildman–Crippen LogP) is 4.19. The normalized spacial score (nSPS) is 19.2. The van der Waals surface area contributed by atoms with Crippen LogP contribution in [-0.2, 0) is 0 Å². The van der Waals surface area contributed by atoms with Crippen molar-refractivity contribution in [3.63, 3.8) is 0 Å². The zero-order valence-corrected chi connectivity index (χ0v) is 17.1. The van der Waals surface area contributed by atoms with E-state index >= 15 is 0 Å². The minimum atomic E-state index is -2.53. The molecule has 1 saturated heterocycles. The lowest BCUT2D eigenvalue weighted by Crippen LogP contribution is -2.11. The van der Waals surface area contributed by atoms with Gasteiger partial charge in [0.25, 0.3) is 5.91 Å². The zero-order chi connectivity index (χ0) is 20.8. The fraction of sp³-hybridized carbons (Fsp3) is 0.286. The van der Waals surface area contributed by atoms with Gasteiger partial charge in [-0.15, -0.1) is 0 Å². The number of hydrogen-bond donors (Lipinski definition) is 4. The van der Waals surface area contributed by atoms with E-state index in [1.165, 1.54) is 0 Å². The van der Waals surface area contributed by atoms with Crippen LogP contribution in [-0.4, -0.2) is 45.7 Å². The van der Waals surface area contributed by atoms with Gasteiger partial charge in [-0.1, -0.05) is 6.07 Å². The Bertz CT molecular complexity index is 1090. The number of methoxy groups -OCH3 is 2. The van der Waals surface area contributed by atoms with E-state index < -0.39 is 16.5 Å². The Morgan fingerprint density at radius 1 is 1.14 bits per heavy atom. The first kappa shape index (κ1) is 19.6. The first-order valence-corrected chi connectivity index (χ1v) is 11.1. The summed E-state index contributed by atoms with van der Waals surface area (Å²) in [6, 6.07) is 9.31. The van der Waals surface area contributed by atoms with Crippen molar-refractivity contribution < 1.29 is 23.4 Å². The Hall–Kier alpha value is -2.68. The largest absolute Gasteiger partial charge is 0.493 e. The number of amides is 1. The molecule has 7 nitrogen and oxygen atoms in total. The molecule has 2 heterocycles. The molecular formula is C21H24N2O5S. The molecule has 0 unspecified atom stereocenters. The summed E-state index contributed by atoms with van der Waals surface area (Å²) in [5.41, 5.74) is 9.36. The third-order valence-corrected chi connectivity index (χ3v) is 7.33. The number of carbonyl (C=O) groups is 1. The van der Waals surface area contributed by atoms with Crippen molar-refractivity contribution in [3.8, 4) is 22.6 Å². The molecule has 1 fully saturated rings. The second-order valence-electron chi connectivity index (χ2n) is 7.28. The van der Waals surface area contributed by atoms with E-state index in [9.17, 15) is 13.9 Å². The minimum absolute atomic E-state index is 0.0233. The summed E-state index contributed by atoms with van der Waals surface area (Å²) >= 11 is 0. The Morgan fingerprint density at radius 3 is 2.52 bits per heavy atom. The third-order valence-electron chi connectivity index (χ3n) is 5.50. The van der Waals surface area contributed by atoms with Crippen LogP contribution in [0.1, 0.15) is 28.3 Å². The molecule has 3 aromatic rings. The number of fused-ring (bicyclic) bond motifs is 1. The van der Waals surface area contributed by atoms with Crippen molar-refractivity contribution in [2.75, 3.05) is 25.7 Å². The molecule has 2 aromatic carbocycles. The average molecular weight is 416 g/mol. The highest BCUT2D eigenvalue weighted by Crippen LogP contribution is 2.52. The molecule has 1 aromatic heterocycles. The molecule has 1 amide bonds. The van der Waals surface area contributed by atoms with E-state index in [1.807, 2.05) is 30.5 Å². The number of nitrogens with two attached hydrogens (primary N) is 1. The van der Waals surface area contributed by atoms with E-state index in [2.05, 4.69) is 4.98 Å². The fourth-order valence-corrected chi connectivity index (χ4v) is 5.85. The summed E-state index contributed by atoms with van der Waals surface area (Å²) in [5.74, 6) is 1.45. The van der Waals surface area contributed by atoms with Crippen LogP contribution in [0.15, 0.2) is 36.5 Å². The van der Waals surface area contributed by atoms with Crippen LogP contribution in [0.4, 0.5) is 0 Å². The van der Waals surface area contributed by atoms with Gasteiger partial charge in [-0.05, 0) is 47.4 Å². The number of H-pyrrole nitrogens is 1. The number of ether oxygens (including phenoxy) is 2. The average Bonchev–Trinajstić information content (AvgIpc) is 3.28. The number of nitrogens with one attached hydrogen (secondary N) is 1. The van der Waals surface area contributed by atoms with Crippen LogP contribution in [0.2, 0.25) is 0 Å². The Balaban J connectivity index is 1.87. The lowest BCUT2D eigenvalue weighted by atomic mass is 9.93. The fourth-order valence-electron chi connectivity index (χ4n) is 4.03. The standard InChI is InChI=1S/C21H24N2O5S/c1-27-18-4-3-12(9-19(18)28-2)14-7-15-17(13-5-6-29(25,26)11-13)10-23-20(15)16(8-14)21(22)24/h3-4,7-10,13,23,25-26H,5-6,11H2,1-2H3,(H2,22,24)/t13-/m1/s1. The highest BCUT2D eigenvalue weighted by atomic mass is 32.3. The molecule has 0 aliphatic carbocycles. The summed E-state index contributed by atoms with van der Waals surface area (Å²) in [4.78, 5) is 15.3. The molecule has 0 saturated carbocycles. The summed E-state index contributed by atoms with van der Waals surface area (Å²) in [6.07, 6.45) is 2.54. The highest BCUT2D eigenvalue weighted by Gasteiger charge is 2.31. The van der Waals surface area contributed by atoms with Gasteiger partial charge < -0.3 is 20.2 Å². The molecule has 154 valence electrons. The minimum Gasteiger partial charge on any atom is -0.493 e. The monoisotopic (exact) mass is 416 g/mol. The number of benzene rings is 2. The molecule has 8 heteroatoms. The lowest BCUT2D eigenvalue weighted by Gasteiger charge is -2.26. The molecule has 0 radical (unpaired) electrons. The van der Waals surface area contributed by atoms with E-state index in [-0.39, 0.29) is 5.92 Å². The predicted molar refractivity (Wildman–Crippen MR) is 115 cm³/mol. The molecule has 0 spiro atoms. The van der Waals surface area contributed by atoms with Gasteiger partial charge in [0.05, 0.1) is 25.3 Å². The smallest absolute Gasteiger partial charge is 0.250 e. The van der Waals surface area contributed by atoms with Crippen LogP contribution in [0.3, 0.4) is 0 Å². The number of aromatic amines is 1. The van der Waals surface area contributed by atoms with Crippen molar-refractivity contribution >= 4 is 27.4 Å². The number of carbonyl (C=O) groups excluding carboxylic acids is 1. The van der Waals surface area contributed by atoms with Gasteiger partial charge in [0.15, 0.2) is 11.5 Å². The molecule has 5 N–H and O–H groups in total. The SMILES string of the molecule is COc1ccc(-c2cc(C(N)=O)c3[nH]cc([C@@H]4CCS(O)(O)C4)c3c2)cc1OC. The quantitative estimate of drug-likeness (QED) is 0.497. The summed E-state index contributed by atoms with van der Waals surface area (Å²) in [5, 5.41) is 0.869. The van der Waals surface area contributed by atoms with Gasteiger partial charge in [-0.25, -0.2) is 0 Å². The summed E-state index contributed by atoms with van der Waals surface area (Å²) < 4.78 is 30.8. The van der Waals surface area contributed by atoms with Crippen molar-refractivity contribution in [1.29, 1.82) is 0 Å². The maximum Gasteiger partial charge on any atom is 0.250 e. The second-order valence-corrected chi connectivity index (χ2v) is 9.63. The van der Waals surface area contributed by atoms with Gasteiger partial charge >= 0.3 is 0 Å². The number of primary amides is 1. The van der Waals surface area contributed by atoms with E-state index in [0.29, 0.717) is 40.5 Å². The molecule has 4 rings (SSSR count). The third kappa shape index (κ3) is 3.55. The highest BCUT2D eigenvalue weighted by molar-refractivity contribution is 8.24. The van der Waals surface area contributed by atoms with Gasteiger partial charge in [0, 0.05) is 29.0 Å². The van der Waals surface area contributed by atoms with Gasteiger partial charge in [-0.2, -0.15) is 10.6 Å². The van der Waals surface area contributed by atoms with Crippen molar-refractivity contribution in [3.05, 3.63) is 47.7 Å². The van der Waals surface area contributed by atoms with Crippen LogP contribution < -0.4 is 15.2 Å². The van der Waals surface area contributed by atoms with Gasteiger partial charge in [0.1, 0.15) is 0 Å². The van der Waals surface area contributed by atoms with E-state index in [1.54, 1.807) is 20.3 Å². The van der Waals surface area contributed by atoms with Crippen LogP contribution in [0, 0.1) is 0 Å². The molecule has 1 aliphatic heterocycles. The topological polar surface area (TPSA) is 118 Å². The number of rotatable bonds is 5. The van der Waals surface area contributed by atoms with Crippen LogP contribution in [0.5, 0.6) is 11.5 Å². The Morgan fingerprint density at radius 2 is 1.90 bits per heavy atom. The summed E-state index contributed by atoms with van der Waals surface area (Å²) in [7, 11) is 0.616. The lowest BCUT2D eigenvalue weighted by molar-refractivity contribution is 0.100. The molecule has 1 atom stereocenters. The van der Waals surface area contributed by atoms with E-state index in [0.717, 1.165) is 22.1 Å². The van der Waals surface area contributed by atoms with Crippen molar-refractivity contribution in [2.45, 2.75) is 12.3 Å². The maximum atomic E-state index is 12.1. The first-order valence-electron chi connectivity index (χ1n) is 9.24. The molecular weight excluding hydrogens is 392 g/mol. The Kier molecular flexibility index (Phi) is 4.94. The molecule has 29 heavy (non-hydrogen) atoms. The Labute approximate surface area is 170 Å². The van der Waals surface area contributed by atoms with Crippen LogP contribution in [0.25, 0.3) is 22.0 Å². The summed E-state index contributed by atoms with van der Waals surface area (Å²) in [6.45, 7) is 0. The van der Waals surface area contributed by atoms with Crippen molar-refractivity contribution in [1.82, 2.24) is 4.98 Å².